The number of aromatic amines is 1. The zero-order valence-corrected chi connectivity index (χ0v) is 9.83. The molecule has 1 heterocycles. The highest BCUT2D eigenvalue weighted by molar-refractivity contribution is 7.98. The maximum Gasteiger partial charge on any atom is 0.265 e. The molecule has 0 radical (unpaired) electrons. The lowest BCUT2D eigenvalue weighted by atomic mass is 10.1. The Labute approximate surface area is 103 Å². The number of nitrogens with two attached hydrogens (primary N) is 1. The van der Waals surface area contributed by atoms with Crippen LogP contribution in [0.15, 0.2) is 41.8 Å². The average molecular weight is 248 g/mol. The minimum Gasteiger partial charge on any atom is -0.340 e. The van der Waals surface area contributed by atoms with Gasteiger partial charge in [-0.15, -0.1) is 0 Å². The van der Waals surface area contributed by atoms with Crippen molar-refractivity contribution >= 4 is 17.7 Å². The van der Waals surface area contributed by atoms with Gasteiger partial charge >= 0.3 is 0 Å². The van der Waals surface area contributed by atoms with Gasteiger partial charge in [0.2, 0.25) is 0 Å². The van der Waals surface area contributed by atoms with Crippen LogP contribution in [0.4, 0.5) is 0 Å². The highest BCUT2D eigenvalue weighted by Gasteiger charge is 2.04. The topological polar surface area (TPSA) is 83.8 Å². The summed E-state index contributed by atoms with van der Waals surface area (Å²) in [4.78, 5) is 18.5. The van der Waals surface area contributed by atoms with Crippen LogP contribution in [0, 0.1) is 0 Å². The summed E-state index contributed by atoms with van der Waals surface area (Å²) < 4.78 is 0. The summed E-state index contributed by atoms with van der Waals surface area (Å²) >= 11 is 1.58. The number of hydrogen-bond donors (Lipinski definition) is 3. The Balaban J connectivity index is 2.03. The number of nitrogen functional groups attached to an aromatic ring is 1. The second-order valence-electron chi connectivity index (χ2n) is 3.36. The molecule has 5 nitrogen and oxygen atoms in total. The first-order valence-electron chi connectivity index (χ1n) is 5.01. The van der Waals surface area contributed by atoms with Gasteiger partial charge in [0.15, 0.2) is 5.16 Å². The molecule has 0 fully saturated rings. The van der Waals surface area contributed by atoms with Crippen LogP contribution in [0.5, 0.6) is 0 Å². The number of hydrazine groups is 1. The molecule has 0 bridgehead atoms. The van der Waals surface area contributed by atoms with Crippen molar-refractivity contribution in [1.29, 1.82) is 0 Å². The number of aromatic nitrogens is 2. The molecule has 0 aliphatic heterocycles. The summed E-state index contributed by atoms with van der Waals surface area (Å²) in [5.74, 6) is 5.55. The van der Waals surface area contributed by atoms with Gasteiger partial charge in [0.05, 0.1) is 0 Å². The number of nitrogens with one attached hydrogen (secondary N) is 2. The van der Waals surface area contributed by atoms with Crippen LogP contribution in [0.2, 0.25) is 0 Å². The molecule has 0 saturated carbocycles. The summed E-state index contributed by atoms with van der Waals surface area (Å²) in [7, 11) is 0. The van der Waals surface area contributed by atoms with E-state index in [2.05, 4.69) is 15.4 Å². The fourth-order valence-electron chi connectivity index (χ4n) is 1.37. The van der Waals surface area contributed by atoms with E-state index in [1.54, 1.807) is 30.2 Å². The molecule has 6 heteroatoms. The smallest absolute Gasteiger partial charge is 0.265 e. The van der Waals surface area contributed by atoms with E-state index < -0.39 is 0 Å². The number of carbonyl (C=O) groups is 1. The van der Waals surface area contributed by atoms with Gasteiger partial charge in [-0.3, -0.25) is 10.2 Å². The number of thioether (sulfide) groups is 1. The normalized spacial score (nSPS) is 10.2. The second-order valence-corrected chi connectivity index (χ2v) is 4.32. The predicted molar refractivity (Wildman–Crippen MR) is 66.2 cm³/mol. The first-order chi connectivity index (χ1) is 8.29. The molecule has 0 saturated heterocycles. The van der Waals surface area contributed by atoms with Crippen molar-refractivity contribution < 1.29 is 4.79 Å². The minimum absolute atomic E-state index is 0.283. The van der Waals surface area contributed by atoms with Crippen LogP contribution in [0.1, 0.15) is 15.9 Å². The van der Waals surface area contributed by atoms with Crippen molar-refractivity contribution in [2.75, 3.05) is 0 Å². The molecular formula is C11H12N4OS. The Morgan fingerprint density at radius 2 is 2.41 bits per heavy atom. The molecule has 17 heavy (non-hydrogen) atoms. The Kier molecular flexibility index (Phi) is 3.79. The molecule has 0 spiro atoms. The van der Waals surface area contributed by atoms with Gasteiger partial charge in [-0.2, -0.15) is 0 Å². The second kappa shape index (κ2) is 5.51. The predicted octanol–water partition coefficient (Wildman–Crippen LogP) is 1.31. The van der Waals surface area contributed by atoms with Crippen LogP contribution in [0.3, 0.4) is 0 Å². The Morgan fingerprint density at radius 3 is 3.12 bits per heavy atom. The maximum absolute atomic E-state index is 11.3. The molecule has 0 atom stereocenters. The number of nitrogens with zero attached hydrogens (tertiary/aromatic N) is 1. The van der Waals surface area contributed by atoms with Crippen molar-refractivity contribution in [3.05, 3.63) is 47.8 Å². The van der Waals surface area contributed by atoms with Gasteiger partial charge in [0, 0.05) is 23.7 Å². The highest BCUT2D eigenvalue weighted by Crippen LogP contribution is 2.19. The molecule has 4 N–H and O–H groups in total. The first kappa shape index (κ1) is 11.7. The van der Waals surface area contributed by atoms with E-state index >= 15 is 0 Å². The number of benzene rings is 1. The molecule has 88 valence electrons. The molecule has 1 amide bonds. The van der Waals surface area contributed by atoms with Crippen molar-refractivity contribution in [3.63, 3.8) is 0 Å². The fourth-order valence-corrected chi connectivity index (χ4v) is 2.14. The SMILES string of the molecule is NNC(=O)c1cccc(CSc2ncc[nH]2)c1. The van der Waals surface area contributed by atoms with Crippen LogP contribution in [-0.4, -0.2) is 15.9 Å². The molecule has 0 unspecified atom stereocenters. The third-order valence-electron chi connectivity index (χ3n) is 2.17. The average Bonchev–Trinajstić information content (AvgIpc) is 2.89. The number of hydrogen-bond acceptors (Lipinski definition) is 4. The number of H-pyrrole nitrogens is 1. The van der Waals surface area contributed by atoms with Crippen LogP contribution < -0.4 is 11.3 Å². The number of imidazole rings is 1. The first-order valence-corrected chi connectivity index (χ1v) is 6.00. The quantitative estimate of drug-likeness (QED) is 0.329. The summed E-state index contributed by atoms with van der Waals surface area (Å²) in [5, 5.41) is 0.860. The minimum atomic E-state index is -0.283. The van der Waals surface area contributed by atoms with E-state index in [4.69, 9.17) is 5.84 Å². The maximum atomic E-state index is 11.3. The van der Waals surface area contributed by atoms with E-state index in [0.29, 0.717) is 5.56 Å². The third kappa shape index (κ3) is 3.08. The third-order valence-corrected chi connectivity index (χ3v) is 3.14. The fraction of sp³-hybridized carbons (Fsp3) is 0.0909. The van der Waals surface area contributed by atoms with Gasteiger partial charge in [-0.1, -0.05) is 23.9 Å². The van der Waals surface area contributed by atoms with E-state index in [1.807, 2.05) is 18.2 Å². The summed E-state index contributed by atoms with van der Waals surface area (Å²) in [5.41, 5.74) is 3.72. The molecule has 1 aromatic heterocycles. The number of rotatable bonds is 4. The Hall–Kier alpha value is -1.79. The molecule has 0 aliphatic carbocycles. The van der Waals surface area contributed by atoms with E-state index in [1.165, 1.54) is 0 Å². The summed E-state index contributed by atoms with van der Waals surface area (Å²) in [6.45, 7) is 0. The Bertz CT molecular complexity index is 498. The molecule has 0 aliphatic rings. The number of carbonyl (C=O) groups excluding carboxylic acids is 1. The van der Waals surface area contributed by atoms with Crippen molar-refractivity contribution in [3.8, 4) is 0 Å². The van der Waals surface area contributed by atoms with Crippen LogP contribution in [-0.2, 0) is 5.75 Å². The van der Waals surface area contributed by atoms with Gasteiger partial charge in [-0.05, 0) is 17.7 Å². The largest absolute Gasteiger partial charge is 0.340 e. The highest BCUT2D eigenvalue weighted by atomic mass is 32.2. The van der Waals surface area contributed by atoms with E-state index in [9.17, 15) is 4.79 Å². The standard InChI is InChI=1S/C11H12N4OS/c12-15-10(16)9-3-1-2-8(6-9)7-17-11-13-4-5-14-11/h1-6H,7,12H2,(H,13,14)(H,15,16). The van der Waals surface area contributed by atoms with Crippen molar-refractivity contribution in [2.24, 2.45) is 5.84 Å². The lowest BCUT2D eigenvalue weighted by molar-refractivity contribution is 0.0953. The van der Waals surface area contributed by atoms with Crippen molar-refractivity contribution in [2.45, 2.75) is 10.9 Å². The number of amides is 1. The molecular weight excluding hydrogens is 236 g/mol. The van der Waals surface area contributed by atoms with Gasteiger partial charge in [0.1, 0.15) is 0 Å². The van der Waals surface area contributed by atoms with E-state index in [-0.39, 0.29) is 5.91 Å². The zero-order valence-electron chi connectivity index (χ0n) is 9.01. The lowest BCUT2D eigenvalue weighted by Crippen LogP contribution is -2.29. The van der Waals surface area contributed by atoms with Gasteiger partial charge < -0.3 is 4.98 Å². The summed E-state index contributed by atoms with van der Waals surface area (Å²) in [6, 6.07) is 7.34. The Morgan fingerprint density at radius 1 is 1.53 bits per heavy atom. The van der Waals surface area contributed by atoms with Crippen LogP contribution in [0.25, 0.3) is 0 Å². The summed E-state index contributed by atoms with van der Waals surface area (Å²) in [6.07, 6.45) is 3.49. The van der Waals surface area contributed by atoms with Crippen molar-refractivity contribution in [1.82, 2.24) is 15.4 Å². The zero-order chi connectivity index (χ0) is 12.1. The van der Waals surface area contributed by atoms with Gasteiger partial charge in [0.25, 0.3) is 5.91 Å². The molecule has 2 aromatic rings. The molecule has 2 rings (SSSR count). The monoisotopic (exact) mass is 248 g/mol. The van der Waals surface area contributed by atoms with Gasteiger partial charge in [-0.25, -0.2) is 10.8 Å². The lowest BCUT2D eigenvalue weighted by Gasteiger charge is -2.03. The van der Waals surface area contributed by atoms with Crippen LogP contribution >= 0.6 is 11.8 Å². The molecule has 1 aromatic carbocycles. The van der Waals surface area contributed by atoms with E-state index in [0.717, 1.165) is 16.5 Å².